The fraction of sp³-hybridized carbons (Fsp3) is 0.435. The van der Waals surface area contributed by atoms with Crippen molar-refractivity contribution in [3.63, 3.8) is 0 Å². The van der Waals surface area contributed by atoms with E-state index < -0.39 is 23.7 Å². The molecule has 2 N–H and O–H groups in total. The van der Waals surface area contributed by atoms with Gasteiger partial charge in [0.1, 0.15) is 5.84 Å². The molecule has 1 saturated carbocycles. The Hall–Kier alpha value is -3.10. The van der Waals surface area contributed by atoms with Gasteiger partial charge in [0.2, 0.25) is 0 Å². The number of alkyl halides is 3. The third-order valence-corrected chi connectivity index (χ3v) is 6.45. The smallest absolute Gasteiger partial charge is 0.416 e. The summed E-state index contributed by atoms with van der Waals surface area (Å²) < 4.78 is 40.2. The normalized spacial score (nSPS) is 29.7. The summed E-state index contributed by atoms with van der Waals surface area (Å²) in [5.74, 6) is -1.13. The number of carboxylic acids is 1. The molecule has 1 aromatic carbocycles. The number of halogens is 3. The minimum Gasteiger partial charge on any atom is -0.478 e. The molecule has 6 nitrogen and oxygen atoms in total. The number of carbonyl (C=O) groups excluding carboxylic acids is 1. The number of likely N-dealkylation sites (tertiary alicyclic amines) is 1. The van der Waals surface area contributed by atoms with Crippen LogP contribution in [0.4, 0.5) is 18.0 Å². The number of allylic oxidation sites excluding steroid dienone is 2. The van der Waals surface area contributed by atoms with Gasteiger partial charge in [0.15, 0.2) is 0 Å². The van der Waals surface area contributed by atoms with E-state index in [-0.39, 0.29) is 29.2 Å². The highest BCUT2D eigenvalue weighted by atomic mass is 19.4. The lowest BCUT2D eigenvalue weighted by Crippen LogP contribution is -2.43. The Morgan fingerprint density at radius 1 is 1.09 bits per heavy atom. The van der Waals surface area contributed by atoms with Crippen molar-refractivity contribution < 1.29 is 27.9 Å². The van der Waals surface area contributed by atoms with Gasteiger partial charge >= 0.3 is 18.2 Å². The molecular weight excluding hydrogens is 423 g/mol. The summed E-state index contributed by atoms with van der Waals surface area (Å²) in [7, 11) is 0. The van der Waals surface area contributed by atoms with Gasteiger partial charge in [0.05, 0.1) is 11.1 Å². The highest BCUT2D eigenvalue weighted by Crippen LogP contribution is 2.48. The molecule has 0 spiro atoms. The number of carbonyl (C=O) groups is 2. The van der Waals surface area contributed by atoms with Gasteiger partial charge in [0, 0.05) is 19.3 Å². The molecule has 4 rings (SSSR count). The lowest BCUT2D eigenvalue weighted by Gasteiger charge is -2.22. The lowest BCUT2D eigenvalue weighted by molar-refractivity contribution is -0.138. The average molecular weight is 447 g/mol. The Balaban J connectivity index is 1.42. The van der Waals surface area contributed by atoms with E-state index in [1.807, 2.05) is 0 Å². The molecule has 3 aliphatic rings. The molecule has 2 amide bonds. The Bertz CT molecular complexity index is 986. The molecule has 2 heterocycles. The lowest BCUT2D eigenvalue weighted by atomic mass is 9.91. The predicted molar refractivity (Wildman–Crippen MR) is 112 cm³/mol. The van der Waals surface area contributed by atoms with Crippen LogP contribution >= 0.6 is 0 Å². The number of nitrogens with one attached hydrogen (secondary N) is 1. The third-order valence-electron chi connectivity index (χ3n) is 6.45. The number of amidine groups is 1. The molecule has 1 aromatic rings. The summed E-state index contributed by atoms with van der Waals surface area (Å²) in [6.45, 7) is 0.854. The van der Waals surface area contributed by atoms with Crippen LogP contribution < -0.4 is 5.32 Å². The number of aliphatic carboxylic acids is 1. The van der Waals surface area contributed by atoms with Crippen molar-refractivity contribution in [1.82, 2.24) is 10.2 Å². The number of amides is 2. The maximum Gasteiger partial charge on any atom is 0.416 e. The number of fused-ring (bicyclic) bond motifs is 1. The van der Waals surface area contributed by atoms with Crippen molar-refractivity contribution in [2.24, 2.45) is 16.8 Å². The van der Waals surface area contributed by atoms with Crippen LogP contribution in [0.5, 0.6) is 0 Å². The van der Waals surface area contributed by atoms with Crippen molar-refractivity contribution >= 4 is 17.8 Å². The van der Waals surface area contributed by atoms with Gasteiger partial charge in [-0.15, -0.1) is 0 Å². The van der Waals surface area contributed by atoms with E-state index in [0.29, 0.717) is 44.3 Å². The highest BCUT2D eigenvalue weighted by molar-refractivity contribution is 6.21. The SMILES string of the molecule is O=C(O)C1=C/CC\C=C/N=C\1NC(=O)N1CC2CC(c3ccccc3C(F)(F)F)CC2C1. The van der Waals surface area contributed by atoms with Gasteiger partial charge in [-0.05, 0) is 55.1 Å². The van der Waals surface area contributed by atoms with Gasteiger partial charge in [-0.2, -0.15) is 13.2 Å². The number of aliphatic imine (C=N–C) groups is 1. The largest absolute Gasteiger partial charge is 0.478 e. The van der Waals surface area contributed by atoms with E-state index in [1.54, 1.807) is 23.1 Å². The van der Waals surface area contributed by atoms with Gasteiger partial charge < -0.3 is 10.0 Å². The molecule has 32 heavy (non-hydrogen) atoms. The first-order chi connectivity index (χ1) is 15.2. The topological polar surface area (TPSA) is 82.0 Å². The molecule has 0 bridgehead atoms. The molecule has 170 valence electrons. The molecule has 2 atom stereocenters. The number of benzene rings is 1. The number of hydrogen-bond acceptors (Lipinski definition) is 3. The molecular formula is C23H24F3N3O3. The zero-order valence-corrected chi connectivity index (χ0v) is 17.3. The molecule has 9 heteroatoms. The second kappa shape index (κ2) is 8.80. The summed E-state index contributed by atoms with van der Waals surface area (Å²) in [4.78, 5) is 30.0. The third kappa shape index (κ3) is 4.56. The summed E-state index contributed by atoms with van der Waals surface area (Å²) in [5.41, 5.74) is -0.300. The number of rotatable bonds is 2. The number of nitrogens with zero attached hydrogens (tertiary/aromatic N) is 2. The zero-order chi connectivity index (χ0) is 22.9. The summed E-state index contributed by atoms with van der Waals surface area (Å²) in [6.07, 6.45) is 2.79. The maximum absolute atomic E-state index is 13.4. The highest BCUT2D eigenvalue weighted by Gasteiger charge is 2.45. The van der Waals surface area contributed by atoms with E-state index in [4.69, 9.17) is 0 Å². The van der Waals surface area contributed by atoms with E-state index in [1.165, 1.54) is 18.3 Å². The van der Waals surface area contributed by atoms with Crippen LogP contribution in [0, 0.1) is 11.8 Å². The maximum atomic E-state index is 13.4. The second-order valence-electron chi connectivity index (χ2n) is 8.47. The van der Waals surface area contributed by atoms with Crippen molar-refractivity contribution in [3.05, 3.63) is 59.3 Å². The second-order valence-corrected chi connectivity index (χ2v) is 8.47. The van der Waals surface area contributed by atoms with Crippen LogP contribution in [-0.2, 0) is 11.0 Å². The monoisotopic (exact) mass is 447 g/mol. The fourth-order valence-corrected chi connectivity index (χ4v) is 4.99. The number of urea groups is 1. The summed E-state index contributed by atoms with van der Waals surface area (Å²) in [5, 5.41) is 12.0. The minimum absolute atomic E-state index is 0.00695. The average Bonchev–Trinajstić information content (AvgIpc) is 3.28. The van der Waals surface area contributed by atoms with Crippen LogP contribution in [0.2, 0.25) is 0 Å². The van der Waals surface area contributed by atoms with E-state index >= 15 is 0 Å². The van der Waals surface area contributed by atoms with E-state index in [9.17, 15) is 27.9 Å². The summed E-state index contributed by atoms with van der Waals surface area (Å²) >= 11 is 0. The van der Waals surface area contributed by atoms with Crippen molar-refractivity contribution in [3.8, 4) is 0 Å². The molecule has 0 radical (unpaired) electrons. The standard InChI is InChI=1S/C23H24F3N3O3/c24-23(25,26)19-8-4-3-6-17(19)14-10-15-12-29(13-16(15)11-14)22(32)28-20-18(21(30)31)7-2-1-5-9-27-20/h3-9,14-16H,1-2,10-13H2,(H,30,31)(H,27,28,32)/b9-5-,18-7+. The van der Waals surface area contributed by atoms with E-state index in [0.717, 1.165) is 6.07 Å². The predicted octanol–water partition coefficient (Wildman–Crippen LogP) is 4.56. The summed E-state index contributed by atoms with van der Waals surface area (Å²) in [6, 6.07) is 5.28. The number of hydrogen-bond donors (Lipinski definition) is 2. The number of carboxylic acid groups (broad SMARTS) is 1. The molecule has 2 aliphatic heterocycles. The molecule has 0 aromatic heterocycles. The Labute approximate surface area is 183 Å². The van der Waals surface area contributed by atoms with Crippen LogP contribution in [0.25, 0.3) is 0 Å². The first kappa shape index (κ1) is 22.1. The fourth-order valence-electron chi connectivity index (χ4n) is 4.99. The van der Waals surface area contributed by atoms with E-state index in [2.05, 4.69) is 10.3 Å². The van der Waals surface area contributed by atoms with Crippen LogP contribution in [-0.4, -0.2) is 40.9 Å². The van der Waals surface area contributed by atoms with Gasteiger partial charge in [-0.3, -0.25) is 5.32 Å². The van der Waals surface area contributed by atoms with Crippen LogP contribution in [0.1, 0.15) is 42.7 Å². The van der Waals surface area contributed by atoms with Crippen molar-refractivity contribution in [1.29, 1.82) is 0 Å². The quantitative estimate of drug-likeness (QED) is 0.698. The Morgan fingerprint density at radius 3 is 2.44 bits per heavy atom. The zero-order valence-electron chi connectivity index (χ0n) is 17.3. The molecule has 1 saturated heterocycles. The molecule has 2 fully saturated rings. The first-order valence-electron chi connectivity index (χ1n) is 10.6. The minimum atomic E-state index is -4.39. The Morgan fingerprint density at radius 2 is 1.78 bits per heavy atom. The van der Waals surface area contributed by atoms with Gasteiger partial charge in [-0.25, -0.2) is 14.6 Å². The molecule has 2 unspecified atom stereocenters. The van der Waals surface area contributed by atoms with Crippen molar-refractivity contribution in [2.75, 3.05) is 13.1 Å². The van der Waals surface area contributed by atoms with Gasteiger partial charge in [-0.1, -0.05) is 30.4 Å². The van der Waals surface area contributed by atoms with Gasteiger partial charge in [0.25, 0.3) is 0 Å². The molecule has 1 aliphatic carbocycles. The van der Waals surface area contributed by atoms with Crippen molar-refractivity contribution in [2.45, 2.75) is 37.8 Å². The van der Waals surface area contributed by atoms with Crippen LogP contribution in [0.3, 0.4) is 0 Å². The Kier molecular flexibility index (Phi) is 6.08. The first-order valence-corrected chi connectivity index (χ1v) is 10.6. The van der Waals surface area contributed by atoms with Crippen LogP contribution in [0.15, 0.2) is 53.2 Å².